The molecular weight excluding hydrogens is 384 g/mol. The number of anilines is 1. The highest BCUT2D eigenvalue weighted by Gasteiger charge is 2.21. The summed E-state index contributed by atoms with van der Waals surface area (Å²) in [4.78, 5) is 4.69. The minimum atomic E-state index is -0.505. The summed E-state index contributed by atoms with van der Waals surface area (Å²) in [5, 5.41) is 11.3. The summed E-state index contributed by atoms with van der Waals surface area (Å²) in [6.07, 6.45) is -0.505. The quantitative estimate of drug-likeness (QED) is 0.713. The van der Waals surface area contributed by atoms with Crippen LogP contribution in [0.4, 0.5) is 5.69 Å². The average molecular weight is 417 g/mol. The first kappa shape index (κ1) is 21.9. The van der Waals surface area contributed by atoms with Crippen LogP contribution in [0.5, 0.6) is 5.75 Å². The molecule has 158 valence electrons. The number of aliphatic hydroxyl groups excluding tert-OH is 1. The zero-order valence-electron chi connectivity index (χ0n) is 18.0. The number of benzene rings is 2. The second-order valence-corrected chi connectivity index (χ2v) is 8.82. The Balaban J connectivity index is 1.50. The lowest BCUT2D eigenvalue weighted by atomic mass is 10.0. The molecule has 1 atom stereocenters. The maximum absolute atomic E-state index is 10.5. The zero-order valence-corrected chi connectivity index (χ0v) is 18.7. The first-order chi connectivity index (χ1) is 13.8. The molecule has 1 N–H and O–H groups in total. The van der Waals surface area contributed by atoms with E-state index in [1.807, 2.05) is 12.1 Å². The Labute approximate surface area is 180 Å². The fourth-order valence-electron chi connectivity index (χ4n) is 3.87. The SMILES string of the molecule is Cc1ccc(C(C)C)c(OC[C@@H](O)CN2CCN(c3cc(Cl)ccc3C)CC2)c1. The van der Waals surface area contributed by atoms with Gasteiger partial charge in [0, 0.05) is 43.4 Å². The summed E-state index contributed by atoms with van der Waals surface area (Å²) < 4.78 is 6.00. The summed E-state index contributed by atoms with van der Waals surface area (Å²) >= 11 is 6.18. The molecule has 4 nitrogen and oxygen atoms in total. The second kappa shape index (κ2) is 9.84. The maximum Gasteiger partial charge on any atom is 0.123 e. The van der Waals surface area contributed by atoms with E-state index in [2.05, 4.69) is 61.8 Å². The van der Waals surface area contributed by atoms with E-state index in [1.54, 1.807) is 0 Å². The van der Waals surface area contributed by atoms with Gasteiger partial charge in [-0.15, -0.1) is 0 Å². The van der Waals surface area contributed by atoms with Gasteiger partial charge >= 0.3 is 0 Å². The zero-order chi connectivity index (χ0) is 21.0. The third-order valence-corrected chi connectivity index (χ3v) is 5.81. The molecule has 1 aliphatic heterocycles. The van der Waals surface area contributed by atoms with Crippen LogP contribution < -0.4 is 9.64 Å². The van der Waals surface area contributed by atoms with Crippen LogP contribution in [0.15, 0.2) is 36.4 Å². The number of ether oxygens (including phenoxy) is 1. The molecular formula is C24H33ClN2O2. The molecule has 0 bridgehead atoms. The molecule has 1 saturated heterocycles. The van der Waals surface area contributed by atoms with Gasteiger partial charge < -0.3 is 14.7 Å². The van der Waals surface area contributed by atoms with Crippen molar-refractivity contribution in [3.8, 4) is 5.75 Å². The van der Waals surface area contributed by atoms with E-state index < -0.39 is 6.10 Å². The molecule has 1 aliphatic rings. The Hall–Kier alpha value is -1.75. The Bertz CT molecular complexity index is 817. The smallest absolute Gasteiger partial charge is 0.123 e. The van der Waals surface area contributed by atoms with E-state index in [0.717, 1.165) is 37.0 Å². The molecule has 2 aromatic rings. The molecule has 0 unspecified atom stereocenters. The average Bonchev–Trinajstić information content (AvgIpc) is 2.69. The highest BCUT2D eigenvalue weighted by atomic mass is 35.5. The van der Waals surface area contributed by atoms with Crippen molar-refractivity contribution in [1.82, 2.24) is 4.90 Å². The number of hydrogen-bond acceptors (Lipinski definition) is 4. The van der Waals surface area contributed by atoms with E-state index in [4.69, 9.17) is 16.3 Å². The molecule has 3 rings (SSSR count). The Morgan fingerprint density at radius 3 is 2.45 bits per heavy atom. The molecule has 0 aromatic heterocycles. The standard InChI is InChI=1S/C24H33ClN2O2/c1-17(2)22-8-5-18(3)13-24(22)29-16-21(28)15-26-9-11-27(12-10-26)23-14-20(25)7-6-19(23)4/h5-8,13-14,17,21,28H,9-12,15-16H2,1-4H3/t21-/m0/s1. The van der Waals surface area contributed by atoms with Crippen LogP contribution in [-0.4, -0.2) is 55.4 Å². The summed E-state index contributed by atoms with van der Waals surface area (Å²) in [5.74, 6) is 1.28. The van der Waals surface area contributed by atoms with Crippen LogP contribution in [0.3, 0.4) is 0 Å². The van der Waals surface area contributed by atoms with Crippen LogP contribution in [0.1, 0.15) is 36.5 Å². The molecule has 1 heterocycles. The summed E-state index contributed by atoms with van der Waals surface area (Å²) in [5.41, 5.74) is 4.82. The minimum absolute atomic E-state index is 0.316. The molecule has 0 amide bonds. The van der Waals surface area contributed by atoms with E-state index in [0.29, 0.717) is 19.1 Å². The lowest BCUT2D eigenvalue weighted by Gasteiger charge is -2.37. The number of halogens is 1. The van der Waals surface area contributed by atoms with Crippen molar-refractivity contribution in [3.63, 3.8) is 0 Å². The number of piperazine rings is 1. The van der Waals surface area contributed by atoms with Gasteiger partial charge in [0.15, 0.2) is 0 Å². The fraction of sp³-hybridized carbons (Fsp3) is 0.500. The van der Waals surface area contributed by atoms with Gasteiger partial charge in [0.05, 0.1) is 0 Å². The predicted molar refractivity (Wildman–Crippen MR) is 122 cm³/mol. The highest BCUT2D eigenvalue weighted by Crippen LogP contribution is 2.28. The van der Waals surface area contributed by atoms with E-state index in [9.17, 15) is 5.11 Å². The van der Waals surface area contributed by atoms with Crippen molar-refractivity contribution in [1.29, 1.82) is 0 Å². The third kappa shape index (κ3) is 5.88. The van der Waals surface area contributed by atoms with Crippen LogP contribution in [0.2, 0.25) is 5.02 Å². The van der Waals surface area contributed by atoms with E-state index >= 15 is 0 Å². The van der Waals surface area contributed by atoms with Crippen LogP contribution in [-0.2, 0) is 0 Å². The summed E-state index contributed by atoms with van der Waals surface area (Å²) in [6, 6.07) is 12.4. The first-order valence-electron chi connectivity index (χ1n) is 10.5. The van der Waals surface area contributed by atoms with Crippen molar-refractivity contribution in [3.05, 3.63) is 58.1 Å². The number of aliphatic hydroxyl groups is 1. The molecule has 0 saturated carbocycles. The number of nitrogens with zero attached hydrogens (tertiary/aromatic N) is 2. The van der Waals surface area contributed by atoms with Crippen molar-refractivity contribution in [2.45, 2.75) is 39.7 Å². The van der Waals surface area contributed by atoms with Gasteiger partial charge in [0.25, 0.3) is 0 Å². The van der Waals surface area contributed by atoms with Gasteiger partial charge in [-0.25, -0.2) is 0 Å². The van der Waals surface area contributed by atoms with Gasteiger partial charge in [-0.2, -0.15) is 0 Å². The number of rotatable bonds is 7. The second-order valence-electron chi connectivity index (χ2n) is 8.38. The van der Waals surface area contributed by atoms with Crippen molar-refractivity contribution in [2.24, 2.45) is 0 Å². The van der Waals surface area contributed by atoms with Gasteiger partial charge in [0.1, 0.15) is 18.5 Å². The van der Waals surface area contributed by atoms with E-state index in [1.165, 1.54) is 22.4 Å². The Kier molecular flexibility index (Phi) is 7.44. The minimum Gasteiger partial charge on any atom is -0.491 e. The molecule has 29 heavy (non-hydrogen) atoms. The molecule has 0 spiro atoms. The number of hydrogen-bond donors (Lipinski definition) is 1. The van der Waals surface area contributed by atoms with Gasteiger partial charge in [-0.1, -0.05) is 43.6 Å². The lowest BCUT2D eigenvalue weighted by molar-refractivity contribution is 0.0658. The van der Waals surface area contributed by atoms with Crippen LogP contribution in [0, 0.1) is 13.8 Å². The van der Waals surface area contributed by atoms with Gasteiger partial charge in [-0.05, 0) is 54.7 Å². The number of β-amino-alcohol motifs (C(OH)–C–C–N with tert-alkyl or cyclic N) is 1. The summed E-state index contributed by atoms with van der Waals surface area (Å²) in [6.45, 7) is 13.2. The first-order valence-corrected chi connectivity index (χ1v) is 10.9. The van der Waals surface area contributed by atoms with E-state index in [-0.39, 0.29) is 0 Å². The fourth-order valence-corrected chi connectivity index (χ4v) is 4.04. The van der Waals surface area contributed by atoms with Crippen LogP contribution >= 0.6 is 11.6 Å². The molecule has 0 radical (unpaired) electrons. The van der Waals surface area contributed by atoms with Crippen molar-refractivity contribution < 1.29 is 9.84 Å². The van der Waals surface area contributed by atoms with Gasteiger partial charge in [-0.3, -0.25) is 4.90 Å². The topological polar surface area (TPSA) is 35.9 Å². The lowest BCUT2D eigenvalue weighted by Crippen LogP contribution is -2.49. The largest absolute Gasteiger partial charge is 0.491 e. The monoisotopic (exact) mass is 416 g/mol. The normalized spacial score (nSPS) is 16.3. The molecule has 1 fully saturated rings. The Morgan fingerprint density at radius 1 is 1.03 bits per heavy atom. The Morgan fingerprint density at radius 2 is 1.76 bits per heavy atom. The number of aryl methyl sites for hydroxylation is 2. The molecule has 0 aliphatic carbocycles. The summed E-state index contributed by atoms with van der Waals surface area (Å²) in [7, 11) is 0. The van der Waals surface area contributed by atoms with Gasteiger partial charge in [0.2, 0.25) is 0 Å². The molecule has 2 aromatic carbocycles. The third-order valence-electron chi connectivity index (χ3n) is 5.58. The highest BCUT2D eigenvalue weighted by molar-refractivity contribution is 6.30. The maximum atomic E-state index is 10.5. The predicted octanol–water partition coefficient (Wildman–Crippen LogP) is 4.64. The van der Waals surface area contributed by atoms with Crippen LogP contribution in [0.25, 0.3) is 0 Å². The van der Waals surface area contributed by atoms with Crippen molar-refractivity contribution in [2.75, 3.05) is 44.2 Å². The molecule has 5 heteroatoms. The van der Waals surface area contributed by atoms with Crippen molar-refractivity contribution >= 4 is 17.3 Å².